The van der Waals surface area contributed by atoms with E-state index in [1.54, 1.807) is 6.92 Å². The van der Waals surface area contributed by atoms with Crippen LogP contribution in [0.4, 0.5) is 0 Å². The number of sulfonamides is 1. The van der Waals surface area contributed by atoms with E-state index in [9.17, 15) is 16.8 Å². The third-order valence-electron chi connectivity index (χ3n) is 3.79. The molecule has 2 N–H and O–H groups in total. The minimum atomic E-state index is -3.45. The van der Waals surface area contributed by atoms with Crippen molar-refractivity contribution in [2.75, 3.05) is 50.0 Å². The minimum absolute atomic E-state index is 0.0165. The van der Waals surface area contributed by atoms with Gasteiger partial charge in [-0.25, -0.2) is 21.6 Å². The summed E-state index contributed by atoms with van der Waals surface area (Å²) in [5.41, 5.74) is -0.846. The third kappa shape index (κ3) is 4.66. The van der Waals surface area contributed by atoms with Gasteiger partial charge in [-0.05, 0) is 13.3 Å². The Kier molecular flexibility index (Phi) is 4.75. The number of nitrogens with zero attached hydrogens (tertiary/aromatic N) is 1. The summed E-state index contributed by atoms with van der Waals surface area (Å²) < 4.78 is 49.7. The standard InChI is InChI=1S/C11H23N3O4S2/c1-11(2-8-19(15,16)10-11)13-20(17,18)9-7-14-5-3-12-4-6-14/h12-13H,2-10H2,1H3. The zero-order valence-electron chi connectivity index (χ0n) is 11.8. The fraction of sp³-hybridized carbons (Fsp3) is 1.00. The van der Waals surface area contributed by atoms with Crippen LogP contribution in [0.1, 0.15) is 13.3 Å². The smallest absolute Gasteiger partial charge is 0.213 e. The number of hydrogen-bond donors (Lipinski definition) is 2. The largest absolute Gasteiger partial charge is 0.314 e. The van der Waals surface area contributed by atoms with E-state index in [-0.39, 0.29) is 17.3 Å². The molecule has 2 heterocycles. The molecule has 0 bridgehead atoms. The van der Waals surface area contributed by atoms with Crippen LogP contribution in [-0.4, -0.2) is 77.3 Å². The highest BCUT2D eigenvalue weighted by atomic mass is 32.2. The highest BCUT2D eigenvalue weighted by Gasteiger charge is 2.40. The average molecular weight is 325 g/mol. The summed E-state index contributed by atoms with van der Waals surface area (Å²) in [6, 6.07) is 0. The van der Waals surface area contributed by atoms with Gasteiger partial charge >= 0.3 is 0 Å². The zero-order valence-corrected chi connectivity index (χ0v) is 13.4. The molecule has 0 radical (unpaired) electrons. The molecule has 0 saturated carbocycles. The second-order valence-corrected chi connectivity index (χ2v) is 9.94. The van der Waals surface area contributed by atoms with Crippen molar-refractivity contribution < 1.29 is 16.8 Å². The molecular formula is C11H23N3O4S2. The van der Waals surface area contributed by atoms with Gasteiger partial charge in [-0.3, -0.25) is 4.90 Å². The molecular weight excluding hydrogens is 302 g/mol. The lowest BCUT2D eigenvalue weighted by atomic mass is 10.0. The maximum Gasteiger partial charge on any atom is 0.213 e. The van der Waals surface area contributed by atoms with Crippen LogP contribution in [0.15, 0.2) is 0 Å². The van der Waals surface area contributed by atoms with Crippen LogP contribution in [0.5, 0.6) is 0 Å². The summed E-state index contributed by atoms with van der Waals surface area (Å²) in [4.78, 5) is 2.10. The normalized spacial score (nSPS) is 31.4. The van der Waals surface area contributed by atoms with E-state index < -0.39 is 25.4 Å². The van der Waals surface area contributed by atoms with Crippen molar-refractivity contribution in [1.82, 2.24) is 14.9 Å². The van der Waals surface area contributed by atoms with Crippen LogP contribution >= 0.6 is 0 Å². The van der Waals surface area contributed by atoms with E-state index in [4.69, 9.17) is 0 Å². The third-order valence-corrected chi connectivity index (χ3v) is 7.22. The molecule has 0 amide bonds. The second kappa shape index (κ2) is 5.88. The molecule has 2 saturated heterocycles. The SMILES string of the molecule is CC1(NS(=O)(=O)CCN2CCNCC2)CCS(=O)(=O)C1. The van der Waals surface area contributed by atoms with E-state index in [0.29, 0.717) is 13.0 Å². The van der Waals surface area contributed by atoms with Gasteiger partial charge in [0.1, 0.15) is 0 Å². The highest BCUT2D eigenvalue weighted by Crippen LogP contribution is 2.23. The Morgan fingerprint density at radius 2 is 1.95 bits per heavy atom. The summed E-state index contributed by atoms with van der Waals surface area (Å²) in [6.45, 7) is 5.61. The molecule has 118 valence electrons. The maximum absolute atomic E-state index is 12.1. The van der Waals surface area contributed by atoms with Gasteiger partial charge < -0.3 is 5.32 Å². The lowest BCUT2D eigenvalue weighted by Gasteiger charge is -2.28. The predicted octanol–water partition coefficient (Wildman–Crippen LogP) is -1.61. The number of rotatable bonds is 5. The van der Waals surface area contributed by atoms with Gasteiger partial charge in [0, 0.05) is 38.3 Å². The van der Waals surface area contributed by atoms with Crippen LogP contribution in [0.25, 0.3) is 0 Å². The van der Waals surface area contributed by atoms with Crippen molar-refractivity contribution in [3.63, 3.8) is 0 Å². The summed E-state index contributed by atoms with van der Waals surface area (Å²) >= 11 is 0. The van der Waals surface area contributed by atoms with E-state index in [1.165, 1.54) is 0 Å². The molecule has 2 rings (SSSR count). The molecule has 20 heavy (non-hydrogen) atoms. The molecule has 1 unspecified atom stereocenters. The number of sulfone groups is 1. The van der Waals surface area contributed by atoms with Crippen LogP contribution in [0, 0.1) is 0 Å². The molecule has 0 spiro atoms. The van der Waals surface area contributed by atoms with E-state index >= 15 is 0 Å². The molecule has 0 aromatic heterocycles. The fourth-order valence-corrected chi connectivity index (χ4v) is 6.41. The first-order valence-electron chi connectivity index (χ1n) is 6.85. The number of nitrogens with one attached hydrogen (secondary N) is 2. The molecule has 1 atom stereocenters. The molecule has 9 heteroatoms. The maximum atomic E-state index is 12.1. The molecule has 2 fully saturated rings. The quantitative estimate of drug-likeness (QED) is 0.631. The minimum Gasteiger partial charge on any atom is -0.314 e. The Bertz CT molecular complexity index is 540. The van der Waals surface area contributed by atoms with Gasteiger partial charge in [-0.15, -0.1) is 0 Å². The van der Waals surface area contributed by atoms with E-state index in [0.717, 1.165) is 26.2 Å². The van der Waals surface area contributed by atoms with Crippen LogP contribution in [0.3, 0.4) is 0 Å². The van der Waals surface area contributed by atoms with Crippen molar-refractivity contribution in [2.45, 2.75) is 18.9 Å². The lowest BCUT2D eigenvalue weighted by molar-refractivity contribution is 0.253. The van der Waals surface area contributed by atoms with Gasteiger partial charge in [0.2, 0.25) is 10.0 Å². The molecule has 0 aliphatic carbocycles. The topological polar surface area (TPSA) is 95.6 Å². The molecule has 0 aromatic rings. The van der Waals surface area contributed by atoms with Gasteiger partial charge in [0.25, 0.3) is 0 Å². The summed E-state index contributed by atoms with van der Waals surface area (Å²) in [7, 11) is -6.56. The summed E-state index contributed by atoms with van der Waals surface area (Å²) in [6.07, 6.45) is 0.349. The van der Waals surface area contributed by atoms with Crippen LogP contribution in [-0.2, 0) is 19.9 Å². The molecule has 0 aromatic carbocycles. The predicted molar refractivity (Wildman–Crippen MR) is 77.9 cm³/mol. The highest BCUT2D eigenvalue weighted by molar-refractivity contribution is 7.92. The second-order valence-electron chi connectivity index (χ2n) is 5.92. The summed E-state index contributed by atoms with van der Waals surface area (Å²) in [5, 5.41) is 3.21. The first-order chi connectivity index (χ1) is 9.20. The molecule has 7 nitrogen and oxygen atoms in total. The van der Waals surface area contributed by atoms with Crippen molar-refractivity contribution >= 4 is 19.9 Å². The van der Waals surface area contributed by atoms with Crippen LogP contribution in [0.2, 0.25) is 0 Å². The molecule has 2 aliphatic rings. The van der Waals surface area contributed by atoms with E-state index in [2.05, 4.69) is 14.9 Å². The van der Waals surface area contributed by atoms with Crippen molar-refractivity contribution in [3.8, 4) is 0 Å². The van der Waals surface area contributed by atoms with Gasteiger partial charge in [-0.1, -0.05) is 0 Å². The van der Waals surface area contributed by atoms with E-state index in [1.807, 2.05) is 0 Å². The zero-order chi connectivity index (χ0) is 14.9. The monoisotopic (exact) mass is 325 g/mol. The van der Waals surface area contributed by atoms with Gasteiger partial charge in [-0.2, -0.15) is 0 Å². The number of piperazine rings is 1. The Balaban J connectivity index is 1.87. The Morgan fingerprint density at radius 3 is 2.50 bits per heavy atom. The Labute approximate surface area is 121 Å². The summed E-state index contributed by atoms with van der Waals surface area (Å²) in [5.74, 6) is -0.0285. The van der Waals surface area contributed by atoms with Gasteiger partial charge in [0.05, 0.1) is 17.3 Å². The average Bonchev–Trinajstić information content (AvgIpc) is 2.61. The van der Waals surface area contributed by atoms with Crippen LogP contribution < -0.4 is 10.0 Å². The first kappa shape index (κ1) is 16.2. The van der Waals surface area contributed by atoms with Crippen molar-refractivity contribution in [1.29, 1.82) is 0 Å². The van der Waals surface area contributed by atoms with Crippen molar-refractivity contribution in [2.24, 2.45) is 0 Å². The van der Waals surface area contributed by atoms with Gasteiger partial charge in [0.15, 0.2) is 9.84 Å². The first-order valence-corrected chi connectivity index (χ1v) is 10.3. The van der Waals surface area contributed by atoms with Crippen molar-refractivity contribution in [3.05, 3.63) is 0 Å². The molecule has 2 aliphatic heterocycles. The fourth-order valence-electron chi connectivity index (χ4n) is 2.70. The Morgan fingerprint density at radius 1 is 1.30 bits per heavy atom. The Hall–Kier alpha value is -0.220. The lowest BCUT2D eigenvalue weighted by Crippen LogP contribution is -2.50. The number of hydrogen-bond acceptors (Lipinski definition) is 6.